The lowest BCUT2D eigenvalue weighted by molar-refractivity contribution is -0.130. The van der Waals surface area contributed by atoms with Gasteiger partial charge in [0, 0.05) is 26.2 Å². The molecule has 0 radical (unpaired) electrons. The molecule has 1 heterocycles. The summed E-state index contributed by atoms with van der Waals surface area (Å²) in [7, 11) is -0.397. The molecule has 2 aromatic carbocycles. The molecule has 7 nitrogen and oxygen atoms in total. The zero-order valence-electron chi connectivity index (χ0n) is 15.0. The molecule has 1 aliphatic rings. The van der Waals surface area contributed by atoms with E-state index in [1.165, 1.54) is 6.07 Å². The van der Waals surface area contributed by atoms with E-state index in [1.807, 2.05) is 0 Å². The Morgan fingerprint density at radius 1 is 1.11 bits per heavy atom. The number of benzene rings is 2. The highest BCUT2D eigenvalue weighted by molar-refractivity contribution is 7.90. The molecule has 3 rings (SSSR count). The average molecular weight is 382 g/mol. The van der Waals surface area contributed by atoms with Gasteiger partial charge >= 0.3 is 0 Å². The van der Waals surface area contributed by atoms with E-state index >= 15 is 0 Å². The minimum Gasteiger partial charge on any atom is -0.349 e. The second-order valence-corrected chi connectivity index (χ2v) is 7.87. The van der Waals surface area contributed by atoms with E-state index in [0.29, 0.717) is 17.7 Å². The molecule has 2 aromatic rings. The molecule has 0 N–H and O–H groups in total. The van der Waals surface area contributed by atoms with Gasteiger partial charge in [-0.25, -0.2) is 0 Å². The van der Waals surface area contributed by atoms with Crippen molar-refractivity contribution < 1.29 is 13.2 Å². The van der Waals surface area contributed by atoms with Crippen molar-refractivity contribution in [3.63, 3.8) is 0 Å². The highest BCUT2D eigenvalue weighted by atomic mass is 32.2. The Morgan fingerprint density at radius 3 is 2.44 bits per heavy atom. The SMILES string of the molecule is CN(Cc1ccc(C#N)cc1)C(=O)CN(C)C1=NS(=O)(=O)c2ccccc21. The Bertz CT molecular complexity index is 1050. The third-order valence-electron chi connectivity index (χ3n) is 4.28. The van der Waals surface area contributed by atoms with E-state index in [9.17, 15) is 13.2 Å². The van der Waals surface area contributed by atoms with Gasteiger partial charge in [-0.3, -0.25) is 4.79 Å². The fourth-order valence-electron chi connectivity index (χ4n) is 2.81. The first-order valence-corrected chi connectivity index (χ1v) is 9.64. The molecule has 8 heteroatoms. The Balaban J connectivity index is 1.69. The maximum Gasteiger partial charge on any atom is 0.285 e. The van der Waals surface area contributed by atoms with Crippen LogP contribution in [-0.2, 0) is 21.4 Å². The number of hydrogen-bond acceptors (Lipinski definition) is 5. The van der Waals surface area contributed by atoms with Gasteiger partial charge in [0.25, 0.3) is 10.0 Å². The van der Waals surface area contributed by atoms with Crippen molar-refractivity contribution in [1.82, 2.24) is 9.80 Å². The van der Waals surface area contributed by atoms with Gasteiger partial charge < -0.3 is 9.80 Å². The second kappa shape index (κ2) is 7.21. The third kappa shape index (κ3) is 3.83. The summed E-state index contributed by atoms with van der Waals surface area (Å²) in [5.74, 6) is 0.0945. The second-order valence-electron chi connectivity index (χ2n) is 6.30. The maximum atomic E-state index is 12.5. The summed E-state index contributed by atoms with van der Waals surface area (Å²) >= 11 is 0. The van der Waals surface area contributed by atoms with Crippen LogP contribution in [-0.4, -0.2) is 50.6 Å². The molecule has 0 aromatic heterocycles. The van der Waals surface area contributed by atoms with Gasteiger partial charge in [0.15, 0.2) is 5.84 Å². The number of amides is 1. The number of amidine groups is 1. The van der Waals surface area contributed by atoms with Crippen molar-refractivity contribution in [2.45, 2.75) is 11.4 Å². The molecular formula is C19H18N4O3S. The van der Waals surface area contributed by atoms with Crippen LogP contribution in [0, 0.1) is 11.3 Å². The summed E-state index contributed by atoms with van der Waals surface area (Å²) in [5.41, 5.74) is 1.97. The lowest BCUT2D eigenvalue weighted by Crippen LogP contribution is -2.39. The standard InChI is InChI=1S/C19H18N4O3S/c1-22(12-15-9-7-14(11-20)8-10-15)18(24)13-23(2)19-16-5-3-4-6-17(16)27(25,26)21-19/h3-10H,12-13H2,1-2H3. The summed E-state index contributed by atoms with van der Waals surface area (Å²) < 4.78 is 28.1. The quantitative estimate of drug-likeness (QED) is 0.801. The molecule has 0 aliphatic carbocycles. The topological polar surface area (TPSA) is 93.8 Å². The minimum atomic E-state index is -3.72. The highest BCUT2D eigenvalue weighted by Gasteiger charge is 2.31. The van der Waals surface area contributed by atoms with Gasteiger partial charge in [0.1, 0.15) is 4.90 Å². The molecule has 0 saturated carbocycles. The van der Waals surface area contributed by atoms with E-state index < -0.39 is 10.0 Å². The smallest absolute Gasteiger partial charge is 0.285 e. The number of nitrogens with zero attached hydrogens (tertiary/aromatic N) is 4. The minimum absolute atomic E-state index is 0.00450. The molecular weight excluding hydrogens is 364 g/mol. The molecule has 0 saturated heterocycles. The first-order chi connectivity index (χ1) is 12.8. The van der Waals surface area contributed by atoms with Crippen LogP contribution in [0.15, 0.2) is 57.8 Å². The van der Waals surface area contributed by atoms with Crippen molar-refractivity contribution in [2.75, 3.05) is 20.6 Å². The van der Waals surface area contributed by atoms with Crippen LogP contribution in [0.3, 0.4) is 0 Å². The van der Waals surface area contributed by atoms with Crippen LogP contribution < -0.4 is 0 Å². The number of sulfonamides is 1. The molecule has 0 unspecified atom stereocenters. The molecule has 1 amide bonds. The molecule has 0 fully saturated rings. The van der Waals surface area contributed by atoms with Crippen molar-refractivity contribution in [2.24, 2.45) is 4.40 Å². The van der Waals surface area contributed by atoms with Gasteiger partial charge in [-0.2, -0.15) is 13.7 Å². The van der Waals surface area contributed by atoms with Crippen molar-refractivity contribution in [1.29, 1.82) is 5.26 Å². The fraction of sp³-hybridized carbons (Fsp3) is 0.211. The van der Waals surface area contributed by atoms with Crippen LogP contribution in [0.25, 0.3) is 0 Å². The zero-order valence-corrected chi connectivity index (χ0v) is 15.8. The lowest BCUT2D eigenvalue weighted by Gasteiger charge is -2.23. The Morgan fingerprint density at radius 2 is 1.78 bits per heavy atom. The van der Waals surface area contributed by atoms with Gasteiger partial charge in [-0.05, 0) is 29.8 Å². The van der Waals surface area contributed by atoms with Crippen molar-refractivity contribution in [3.05, 3.63) is 65.2 Å². The molecule has 27 heavy (non-hydrogen) atoms. The van der Waals surface area contributed by atoms with Crippen LogP contribution in [0.4, 0.5) is 0 Å². The summed E-state index contributed by atoms with van der Waals surface area (Å²) in [6.45, 7) is 0.384. The lowest BCUT2D eigenvalue weighted by atomic mass is 10.1. The molecule has 138 valence electrons. The van der Waals surface area contributed by atoms with Gasteiger partial charge in [-0.1, -0.05) is 24.3 Å². The summed E-state index contributed by atoms with van der Waals surface area (Å²) in [4.78, 5) is 15.8. The predicted octanol–water partition coefficient (Wildman–Crippen LogP) is 1.60. The number of rotatable bonds is 4. The van der Waals surface area contributed by atoms with Crippen LogP contribution in [0.2, 0.25) is 0 Å². The van der Waals surface area contributed by atoms with Crippen molar-refractivity contribution >= 4 is 21.8 Å². The zero-order chi connectivity index (χ0) is 19.6. The Labute approximate surface area is 158 Å². The maximum absolute atomic E-state index is 12.5. The van der Waals surface area contributed by atoms with Crippen molar-refractivity contribution in [3.8, 4) is 6.07 Å². The van der Waals surface area contributed by atoms with Gasteiger partial charge in [-0.15, -0.1) is 4.40 Å². The Kier molecular flexibility index (Phi) is 4.97. The van der Waals surface area contributed by atoms with Gasteiger partial charge in [0.05, 0.1) is 18.2 Å². The summed E-state index contributed by atoms with van der Waals surface area (Å²) in [6, 6.07) is 15.6. The summed E-state index contributed by atoms with van der Waals surface area (Å²) in [6.07, 6.45) is 0. The van der Waals surface area contributed by atoms with Gasteiger partial charge in [0.2, 0.25) is 5.91 Å². The van der Waals surface area contributed by atoms with E-state index in [2.05, 4.69) is 10.5 Å². The molecule has 0 atom stereocenters. The van der Waals surface area contributed by atoms with Crippen LogP contribution in [0.1, 0.15) is 16.7 Å². The highest BCUT2D eigenvalue weighted by Crippen LogP contribution is 2.26. The number of nitriles is 1. The van der Waals surface area contributed by atoms with E-state index in [1.54, 1.807) is 66.4 Å². The molecule has 1 aliphatic heterocycles. The van der Waals surface area contributed by atoms with Crippen LogP contribution in [0.5, 0.6) is 0 Å². The average Bonchev–Trinajstić information content (AvgIpc) is 2.94. The van der Waals surface area contributed by atoms with Crippen LogP contribution >= 0.6 is 0 Å². The predicted molar refractivity (Wildman–Crippen MR) is 100 cm³/mol. The number of fused-ring (bicyclic) bond motifs is 1. The first-order valence-electron chi connectivity index (χ1n) is 8.20. The first kappa shape index (κ1) is 18.6. The number of carbonyl (C=O) groups excluding carboxylic acids is 1. The largest absolute Gasteiger partial charge is 0.349 e. The number of carbonyl (C=O) groups is 1. The van der Waals surface area contributed by atoms with E-state index in [0.717, 1.165) is 5.56 Å². The Hall–Kier alpha value is -3.18. The normalized spacial score (nSPS) is 14.0. The molecule has 0 spiro atoms. The summed E-state index contributed by atoms with van der Waals surface area (Å²) in [5, 5.41) is 8.83. The van der Waals surface area contributed by atoms with E-state index in [-0.39, 0.29) is 23.2 Å². The fourth-order valence-corrected chi connectivity index (χ4v) is 4.06. The number of likely N-dealkylation sites (N-methyl/N-ethyl adjacent to an activating group) is 2. The monoisotopic (exact) mass is 382 g/mol. The molecule has 0 bridgehead atoms. The van der Waals surface area contributed by atoms with E-state index in [4.69, 9.17) is 5.26 Å². The third-order valence-corrected chi connectivity index (χ3v) is 5.60. The number of hydrogen-bond donors (Lipinski definition) is 0.